The van der Waals surface area contributed by atoms with E-state index in [1.165, 1.54) is 12.1 Å². The molecule has 1 aromatic heterocycles. The first-order valence-electron chi connectivity index (χ1n) is 12.2. The number of hydrogen-bond acceptors (Lipinski definition) is 4. The smallest absolute Gasteiger partial charge is 0.255 e. The molecule has 1 atom stereocenters. The minimum Gasteiger partial charge on any atom is -0.494 e. The van der Waals surface area contributed by atoms with Crippen LogP contribution in [0.1, 0.15) is 36.2 Å². The molecule has 7 heteroatoms. The Morgan fingerprint density at radius 1 is 1.06 bits per heavy atom. The molecule has 0 bridgehead atoms. The molecule has 0 saturated carbocycles. The summed E-state index contributed by atoms with van der Waals surface area (Å²) in [5, 5.41) is 13.7. The van der Waals surface area contributed by atoms with Crippen LogP contribution in [-0.2, 0) is 6.42 Å². The number of amides is 1. The standard InChI is InChI=1S/C29H31FN2O4/c1-3-12-36-28-11-8-20(19-6-5-7-24(14-19)35-4-2)15-26(28)29(34)32-23(18-33)13-21-17-31-27-10-9-22(30)16-25(21)27/h5-11,14-17,23,31,33H,3-4,12-13,18H2,1-2H3,(H,32,34). The van der Waals surface area contributed by atoms with Gasteiger partial charge in [-0.05, 0) is 78.9 Å². The van der Waals surface area contributed by atoms with E-state index in [0.29, 0.717) is 30.9 Å². The Morgan fingerprint density at radius 3 is 2.67 bits per heavy atom. The zero-order valence-electron chi connectivity index (χ0n) is 20.5. The first-order chi connectivity index (χ1) is 17.5. The largest absolute Gasteiger partial charge is 0.494 e. The van der Waals surface area contributed by atoms with Crippen molar-refractivity contribution in [1.82, 2.24) is 10.3 Å². The Balaban J connectivity index is 1.60. The fourth-order valence-electron chi connectivity index (χ4n) is 4.17. The number of rotatable bonds is 11. The lowest BCUT2D eigenvalue weighted by molar-refractivity contribution is 0.0912. The van der Waals surface area contributed by atoms with Crippen LogP contribution in [-0.4, -0.2) is 41.9 Å². The summed E-state index contributed by atoms with van der Waals surface area (Å²) in [6.07, 6.45) is 2.92. The molecule has 1 heterocycles. The number of carbonyl (C=O) groups excluding carboxylic acids is 1. The van der Waals surface area contributed by atoms with E-state index in [1.807, 2.05) is 44.2 Å². The number of halogens is 1. The van der Waals surface area contributed by atoms with Gasteiger partial charge in [-0.25, -0.2) is 4.39 Å². The van der Waals surface area contributed by atoms with Crippen LogP contribution in [0.3, 0.4) is 0 Å². The zero-order chi connectivity index (χ0) is 25.5. The average molecular weight is 491 g/mol. The first-order valence-corrected chi connectivity index (χ1v) is 12.2. The van der Waals surface area contributed by atoms with Crippen molar-refractivity contribution in [1.29, 1.82) is 0 Å². The Hall–Kier alpha value is -3.84. The van der Waals surface area contributed by atoms with Crippen LogP contribution in [0.15, 0.2) is 66.9 Å². The number of hydrogen-bond donors (Lipinski definition) is 3. The quantitative estimate of drug-likeness (QED) is 0.259. The lowest BCUT2D eigenvalue weighted by Crippen LogP contribution is -2.39. The fraction of sp³-hybridized carbons (Fsp3) is 0.276. The van der Waals surface area contributed by atoms with Gasteiger partial charge in [0.25, 0.3) is 5.91 Å². The minimum atomic E-state index is -0.566. The molecule has 0 radical (unpaired) electrons. The van der Waals surface area contributed by atoms with Crippen LogP contribution in [0.5, 0.6) is 11.5 Å². The van der Waals surface area contributed by atoms with E-state index in [4.69, 9.17) is 9.47 Å². The molecular weight excluding hydrogens is 459 g/mol. The van der Waals surface area contributed by atoms with E-state index in [-0.39, 0.29) is 18.3 Å². The summed E-state index contributed by atoms with van der Waals surface area (Å²) in [6, 6.07) is 17.1. The number of fused-ring (bicyclic) bond motifs is 1. The molecule has 188 valence electrons. The van der Waals surface area contributed by atoms with Crippen molar-refractivity contribution < 1.29 is 23.8 Å². The summed E-state index contributed by atoms with van der Waals surface area (Å²) in [6.45, 7) is 4.70. The highest BCUT2D eigenvalue weighted by Crippen LogP contribution is 2.29. The maximum atomic E-state index is 13.8. The van der Waals surface area contributed by atoms with Crippen LogP contribution < -0.4 is 14.8 Å². The van der Waals surface area contributed by atoms with Crippen molar-refractivity contribution in [2.45, 2.75) is 32.7 Å². The van der Waals surface area contributed by atoms with Gasteiger partial charge in [0.2, 0.25) is 0 Å². The van der Waals surface area contributed by atoms with E-state index in [0.717, 1.165) is 39.8 Å². The third kappa shape index (κ3) is 5.86. The van der Waals surface area contributed by atoms with E-state index in [2.05, 4.69) is 10.3 Å². The predicted octanol–water partition coefficient (Wildman–Crippen LogP) is 5.49. The van der Waals surface area contributed by atoms with Gasteiger partial charge in [-0.15, -0.1) is 0 Å². The maximum Gasteiger partial charge on any atom is 0.255 e. The SMILES string of the molecule is CCCOc1ccc(-c2cccc(OCC)c2)cc1C(=O)NC(CO)Cc1c[nH]c2ccc(F)cc12. The lowest BCUT2D eigenvalue weighted by atomic mass is 10.0. The number of aliphatic hydroxyl groups is 1. The van der Waals surface area contributed by atoms with Crippen molar-refractivity contribution in [3.63, 3.8) is 0 Å². The highest BCUT2D eigenvalue weighted by molar-refractivity contribution is 5.98. The van der Waals surface area contributed by atoms with Crippen molar-refractivity contribution in [3.05, 3.63) is 83.8 Å². The Kier molecular flexibility index (Phi) is 8.23. The number of aromatic amines is 1. The highest BCUT2D eigenvalue weighted by atomic mass is 19.1. The average Bonchev–Trinajstić information content (AvgIpc) is 3.28. The molecule has 0 fully saturated rings. The minimum absolute atomic E-state index is 0.269. The second-order valence-electron chi connectivity index (χ2n) is 8.58. The number of aliphatic hydroxyl groups excluding tert-OH is 1. The normalized spacial score (nSPS) is 11.9. The van der Waals surface area contributed by atoms with Crippen molar-refractivity contribution in [2.75, 3.05) is 19.8 Å². The van der Waals surface area contributed by atoms with Crippen molar-refractivity contribution >= 4 is 16.8 Å². The molecule has 0 aliphatic carbocycles. The topological polar surface area (TPSA) is 83.6 Å². The summed E-state index contributed by atoms with van der Waals surface area (Å²) in [4.78, 5) is 16.5. The second-order valence-corrected chi connectivity index (χ2v) is 8.58. The van der Waals surface area contributed by atoms with E-state index >= 15 is 0 Å². The molecule has 4 aromatic rings. The fourth-order valence-corrected chi connectivity index (χ4v) is 4.17. The molecule has 4 rings (SSSR count). The number of H-pyrrole nitrogens is 1. The molecule has 3 N–H and O–H groups in total. The monoisotopic (exact) mass is 490 g/mol. The number of carbonyl (C=O) groups is 1. The molecule has 1 amide bonds. The summed E-state index contributed by atoms with van der Waals surface area (Å²) >= 11 is 0. The number of ether oxygens (including phenoxy) is 2. The van der Waals surface area contributed by atoms with Gasteiger partial charge in [0.15, 0.2) is 0 Å². The zero-order valence-corrected chi connectivity index (χ0v) is 20.5. The van der Waals surface area contributed by atoms with Crippen molar-refractivity contribution in [2.24, 2.45) is 0 Å². The number of nitrogens with one attached hydrogen (secondary N) is 2. The summed E-state index contributed by atoms with van der Waals surface area (Å²) in [7, 11) is 0. The van der Waals surface area contributed by atoms with Crippen LogP contribution in [0.4, 0.5) is 4.39 Å². The maximum absolute atomic E-state index is 13.8. The summed E-state index contributed by atoms with van der Waals surface area (Å²) in [5.41, 5.74) is 3.75. The van der Waals surface area contributed by atoms with Gasteiger partial charge in [0.1, 0.15) is 17.3 Å². The van der Waals surface area contributed by atoms with Crippen LogP contribution in [0.25, 0.3) is 22.0 Å². The third-order valence-corrected chi connectivity index (χ3v) is 5.92. The molecule has 3 aromatic carbocycles. The molecule has 0 spiro atoms. The van der Waals surface area contributed by atoms with Crippen molar-refractivity contribution in [3.8, 4) is 22.6 Å². The Labute approximate surface area is 210 Å². The molecule has 6 nitrogen and oxygen atoms in total. The second kappa shape index (κ2) is 11.7. The van der Waals surface area contributed by atoms with Crippen LogP contribution >= 0.6 is 0 Å². The van der Waals surface area contributed by atoms with E-state index in [9.17, 15) is 14.3 Å². The van der Waals surface area contributed by atoms with Gasteiger partial charge < -0.3 is 24.9 Å². The van der Waals surface area contributed by atoms with E-state index in [1.54, 1.807) is 24.4 Å². The Morgan fingerprint density at radius 2 is 1.89 bits per heavy atom. The summed E-state index contributed by atoms with van der Waals surface area (Å²) in [5.74, 6) is 0.539. The predicted molar refractivity (Wildman–Crippen MR) is 139 cm³/mol. The molecule has 0 aliphatic rings. The Bertz CT molecular complexity index is 1330. The molecule has 36 heavy (non-hydrogen) atoms. The van der Waals surface area contributed by atoms with Crippen LogP contribution in [0, 0.1) is 5.82 Å². The van der Waals surface area contributed by atoms with Gasteiger partial charge in [-0.2, -0.15) is 0 Å². The van der Waals surface area contributed by atoms with Gasteiger partial charge in [-0.1, -0.05) is 25.1 Å². The number of benzene rings is 3. The summed E-state index contributed by atoms with van der Waals surface area (Å²) < 4.78 is 25.3. The van der Waals surface area contributed by atoms with Gasteiger partial charge in [-0.3, -0.25) is 4.79 Å². The van der Waals surface area contributed by atoms with Gasteiger partial charge in [0, 0.05) is 17.1 Å². The highest BCUT2D eigenvalue weighted by Gasteiger charge is 2.20. The van der Waals surface area contributed by atoms with E-state index < -0.39 is 6.04 Å². The molecule has 1 unspecified atom stereocenters. The number of aromatic nitrogens is 1. The first kappa shape index (κ1) is 25.3. The molecule has 0 saturated heterocycles. The molecule has 0 aliphatic heterocycles. The van der Waals surface area contributed by atoms with Crippen LogP contribution in [0.2, 0.25) is 0 Å². The molecular formula is C29H31FN2O4. The lowest BCUT2D eigenvalue weighted by Gasteiger charge is -2.18. The van der Waals surface area contributed by atoms with Gasteiger partial charge >= 0.3 is 0 Å². The third-order valence-electron chi connectivity index (χ3n) is 5.92. The van der Waals surface area contributed by atoms with Gasteiger partial charge in [0.05, 0.1) is 31.4 Å².